The second-order valence-electron chi connectivity index (χ2n) is 2.42. The minimum absolute atomic E-state index is 0.609. The van der Waals surface area contributed by atoms with Gasteiger partial charge in [-0.25, -0.2) is 0 Å². The molecule has 1 rings (SSSR count). The molecule has 0 bridgehead atoms. The molecule has 0 unspecified atom stereocenters. The van der Waals surface area contributed by atoms with Gasteiger partial charge in [-0.2, -0.15) is 0 Å². The van der Waals surface area contributed by atoms with Crippen LogP contribution < -0.4 is 0 Å². The molecule has 0 aromatic heterocycles. The zero-order valence-corrected chi connectivity index (χ0v) is 5.95. The van der Waals surface area contributed by atoms with E-state index in [-0.39, 0.29) is 0 Å². The van der Waals surface area contributed by atoms with Crippen LogP contribution in [-0.4, -0.2) is 22.6 Å². The molecule has 1 atom stereocenters. The second-order valence-corrected chi connectivity index (χ2v) is 2.42. The van der Waals surface area contributed by atoms with Gasteiger partial charge in [-0.1, -0.05) is 6.08 Å². The molecule has 0 aromatic carbocycles. The Bertz CT molecular complexity index is 165. The molecule has 56 valence electrons. The quantitative estimate of drug-likeness (QED) is 0.539. The minimum atomic E-state index is -0.609. The lowest BCUT2D eigenvalue weighted by molar-refractivity contribution is -0.125. The first-order valence-electron chi connectivity index (χ1n) is 3.34. The number of aliphatic hydroxyl groups excluding tert-OH is 1. The molecule has 0 fully saturated rings. The molecule has 0 aliphatic carbocycles. The number of carbonyl (C=O) groups excluding carboxylic acids is 1. The number of aliphatic hydroxyl groups is 1. The fourth-order valence-corrected chi connectivity index (χ4v) is 1.07. The van der Waals surface area contributed by atoms with Crippen molar-refractivity contribution in [2.24, 2.45) is 0 Å². The fourth-order valence-electron chi connectivity index (χ4n) is 1.07. The lowest BCUT2D eigenvalue weighted by Gasteiger charge is -2.27. The summed E-state index contributed by atoms with van der Waals surface area (Å²) in [6, 6.07) is 0. The Kier molecular flexibility index (Phi) is 2.06. The van der Waals surface area contributed by atoms with E-state index in [2.05, 4.69) is 0 Å². The van der Waals surface area contributed by atoms with Gasteiger partial charge in [-0.3, -0.25) is 9.69 Å². The Morgan fingerprint density at radius 1 is 1.90 bits per heavy atom. The highest BCUT2D eigenvalue weighted by Crippen LogP contribution is 2.16. The number of rotatable bonds is 1. The van der Waals surface area contributed by atoms with E-state index >= 15 is 0 Å². The highest BCUT2D eigenvalue weighted by molar-refractivity contribution is 5.51. The van der Waals surface area contributed by atoms with E-state index < -0.39 is 6.23 Å². The topological polar surface area (TPSA) is 40.5 Å². The van der Waals surface area contributed by atoms with E-state index in [1.54, 1.807) is 0 Å². The monoisotopic (exact) mass is 141 g/mol. The van der Waals surface area contributed by atoms with E-state index in [9.17, 15) is 9.90 Å². The van der Waals surface area contributed by atoms with Crippen molar-refractivity contribution in [1.82, 2.24) is 4.90 Å². The van der Waals surface area contributed by atoms with Crippen molar-refractivity contribution in [1.29, 1.82) is 0 Å². The van der Waals surface area contributed by atoms with Crippen molar-refractivity contribution < 1.29 is 9.90 Å². The van der Waals surface area contributed by atoms with Gasteiger partial charge in [0, 0.05) is 5.70 Å². The van der Waals surface area contributed by atoms with Gasteiger partial charge in [0.1, 0.15) is 6.23 Å². The third-order valence-electron chi connectivity index (χ3n) is 1.71. The van der Waals surface area contributed by atoms with Crippen LogP contribution in [0.4, 0.5) is 0 Å². The van der Waals surface area contributed by atoms with E-state index in [1.165, 1.54) is 4.90 Å². The first-order valence-corrected chi connectivity index (χ1v) is 3.34. The zero-order chi connectivity index (χ0) is 7.56. The normalized spacial score (nSPS) is 26.0. The van der Waals surface area contributed by atoms with Gasteiger partial charge in [-0.05, 0) is 19.8 Å². The summed E-state index contributed by atoms with van der Waals surface area (Å²) >= 11 is 0. The van der Waals surface area contributed by atoms with Gasteiger partial charge in [0.05, 0.1) is 0 Å². The summed E-state index contributed by atoms with van der Waals surface area (Å²) in [6.45, 7) is 1.82. The Morgan fingerprint density at radius 2 is 2.60 bits per heavy atom. The number of allylic oxidation sites excluding steroid dienone is 2. The van der Waals surface area contributed by atoms with Crippen molar-refractivity contribution in [3.05, 3.63) is 11.8 Å². The standard InChI is InChI=1S/C7H11NO2/c1-6-3-2-4-7(10)8(6)5-9/h3,5,7,10H,2,4H2,1H3/t7-/m0/s1. The van der Waals surface area contributed by atoms with Crippen molar-refractivity contribution in [2.45, 2.75) is 26.0 Å². The molecule has 1 amide bonds. The second kappa shape index (κ2) is 2.84. The van der Waals surface area contributed by atoms with Gasteiger partial charge in [-0.15, -0.1) is 0 Å². The lowest BCUT2D eigenvalue weighted by Crippen LogP contribution is -2.34. The smallest absolute Gasteiger partial charge is 0.215 e. The first kappa shape index (κ1) is 7.28. The molecule has 3 nitrogen and oxygen atoms in total. The maximum atomic E-state index is 10.3. The van der Waals surface area contributed by atoms with E-state index in [1.807, 2.05) is 13.0 Å². The predicted octanol–water partition coefficient (Wildman–Crippen LogP) is 0.461. The molecule has 1 aliphatic rings. The number of hydrogen-bond donors (Lipinski definition) is 1. The van der Waals surface area contributed by atoms with Gasteiger partial charge in [0.2, 0.25) is 6.41 Å². The molecule has 0 radical (unpaired) electrons. The van der Waals surface area contributed by atoms with Crippen LogP contribution in [-0.2, 0) is 4.79 Å². The summed E-state index contributed by atoms with van der Waals surface area (Å²) in [6.07, 6.45) is 3.51. The van der Waals surface area contributed by atoms with Crippen molar-refractivity contribution in [3.63, 3.8) is 0 Å². The number of carbonyl (C=O) groups is 1. The predicted molar refractivity (Wildman–Crippen MR) is 36.9 cm³/mol. The summed E-state index contributed by atoms with van der Waals surface area (Å²) < 4.78 is 0. The Labute approximate surface area is 59.9 Å². The summed E-state index contributed by atoms with van der Waals surface area (Å²) in [5.74, 6) is 0. The Balaban J connectivity index is 2.72. The van der Waals surface area contributed by atoms with Crippen LogP contribution in [0.3, 0.4) is 0 Å². The van der Waals surface area contributed by atoms with Crippen molar-refractivity contribution in [3.8, 4) is 0 Å². The van der Waals surface area contributed by atoms with Gasteiger partial charge in [0.25, 0.3) is 0 Å². The molecule has 1 N–H and O–H groups in total. The molecule has 10 heavy (non-hydrogen) atoms. The molecule has 0 saturated carbocycles. The Morgan fingerprint density at radius 3 is 3.00 bits per heavy atom. The molecule has 1 aliphatic heterocycles. The zero-order valence-electron chi connectivity index (χ0n) is 5.95. The molecular formula is C7H11NO2. The number of amides is 1. The molecule has 0 spiro atoms. The van der Waals surface area contributed by atoms with Crippen molar-refractivity contribution >= 4 is 6.41 Å². The summed E-state index contributed by atoms with van der Waals surface area (Å²) in [5, 5.41) is 9.19. The number of hydrogen-bond acceptors (Lipinski definition) is 2. The largest absolute Gasteiger partial charge is 0.373 e. The minimum Gasteiger partial charge on any atom is -0.373 e. The fraction of sp³-hybridized carbons (Fsp3) is 0.571. The third-order valence-corrected chi connectivity index (χ3v) is 1.71. The summed E-state index contributed by atoms with van der Waals surface area (Å²) in [5.41, 5.74) is 0.841. The maximum absolute atomic E-state index is 10.3. The highest BCUT2D eigenvalue weighted by Gasteiger charge is 2.17. The first-order chi connectivity index (χ1) is 4.75. The molecule has 3 heteroatoms. The van der Waals surface area contributed by atoms with Crippen LogP contribution in [0.2, 0.25) is 0 Å². The average molecular weight is 141 g/mol. The highest BCUT2D eigenvalue weighted by atomic mass is 16.3. The van der Waals surface area contributed by atoms with E-state index in [0.717, 1.165) is 12.1 Å². The van der Waals surface area contributed by atoms with Crippen LogP contribution >= 0.6 is 0 Å². The average Bonchev–Trinajstić information content (AvgIpc) is 1.88. The van der Waals surface area contributed by atoms with Crippen LogP contribution in [0.25, 0.3) is 0 Å². The van der Waals surface area contributed by atoms with Crippen LogP contribution in [0.1, 0.15) is 19.8 Å². The molecule has 0 aromatic rings. The maximum Gasteiger partial charge on any atom is 0.215 e. The molecule has 1 heterocycles. The molecular weight excluding hydrogens is 130 g/mol. The molecule has 0 saturated heterocycles. The Hall–Kier alpha value is -0.830. The van der Waals surface area contributed by atoms with Gasteiger partial charge in [0.15, 0.2) is 0 Å². The van der Waals surface area contributed by atoms with E-state index in [4.69, 9.17) is 0 Å². The van der Waals surface area contributed by atoms with Gasteiger partial charge >= 0.3 is 0 Å². The van der Waals surface area contributed by atoms with Crippen LogP contribution in [0.5, 0.6) is 0 Å². The van der Waals surface area contributed by atoms with Gasteiger partial charge < -0.3 is 5.11 Å². The van der Waals surface area contributed by atoms with Crippen LogP contribution in [0.15, 0.2) is 11.8 Å². The van der Waals surface area contributed by atoms with E-state index in [0.29, 0.717) is 12.8 Å². The lowest BCUT2D eigenvalue weighted by atomic mass is 10.1. The van der Waals surface area contributed by atoms with Crippen LogP contribution in [0, 0.1) is 0 Å². The SMILES string of the molecule is CC1=CCC[C@H](O)N1C=O. The van der Waals surface area contributed by atoms with Crippen molar-refractivity contribution in [2.75, 3.05) is 0 Å². The summed E-state index contributed by atoms with van der Waals surface area (Å²) in [4.78, 5) is 11.6. The number of nitrogens with zero attached hydrogens (tertiary/aromatic N) is 1. The summed E-state index contributed by atoms with van der Waals surface area (Å²) in [7, 11) is 0. The third kappa shape index (κ3) is 1.19.